The Hall–Kier alpha value is -0.220. The van der Waals surface area contributed by atoms with Gasteiger partial charge in [0.1, 0.15) is 0 Å². The quantitative estimate of drug-likeness (QED) is 0.747. The van der Waals surface area contributed by atoms with Gasteiger partial charge >= 0.3 is 0 Å². The lowest BCUT2D eigenvalue weighted by molar-refractivity contribution is -0.130. The van der Waals surface area contributed by atoms with Gasteiger partial charge in [0.05, 0.1) is 0 Å². The molecule has 1 heterocycles. The minimum absolute atomic E-state index is 0.306. The van der Waals surface area contributed by atoms with Crippen molar-refractivity contribution in [2.75, 3.05) is 31.6 Å². The topological polar surface area (TPSA) is 32.3 Å². The number of carbonyl (C=O) groups excluding carboxylic acids is 1. The molecule has 0 aromatic carbocycles. The molecule has 4 heteroatoms. The number of likely N-dealkylation sites (N-methyl/N-ethyl adjacent to an activating group) is 1. The second-order valence-electron chi connectivity index (χ2n) is 3.97. The van der Waals surface area contributed by atoms with E-state index < -0.39 is 0 Å². The van der Waals surface area contributed by atoms with Crippen molar-refractivity contribution < 1.29 is 4.79 Å². The van der Waals surface area contributed by atoms with Crippen LogP contribution in [0.2, 0.25) is 0 Å². The molecule has 1 saturated heterocycles. The summed E-state index contributed by atoms with van der Waals surface area (Å²) >= 11 is 1.74. The van der Waals surface area contributed by atoms with E-state index in [2.05, 4.69) is 12.2 Å². The standard InChI is InChI=1S/C11H22N2OS/c1-3-13(11(14)6-8-15-2)9-10-5-4-7-12-10/h10,12H,3-9H2,1-2H3. The van der Waals surface area contributed by atoms with Crippen LogP contribution in [-0.4, -0.2) is 48.5 Å². The van der Waals surface area contributed by atoms with Gasteiger partial charge in [-0.1, -0.05) is 0 Å². The highest BCUT2D eigenvalue weighted by atomic mass is 32.2. The molecule has 0 radical (unpaired) electrons. The number of thioether (sulfide) groups is 1. The lowest BCUT2D eigenvalue weighted by Gasteiger charge is -2.24. The zero-order valence-corrected chi connectivity index (χ0v) is 10.6. The first-order valence-corrected chi connectivity index (χ1v) is 7.17. The Morgan fingerprint density at radius 1 is 1.60 bits per heavy atom. The van der Waals surface area contributed by atoms with Crippen molar-refractivity contribution in [3.63, 3.8) is 0 Å². The van der Waals surface area contributed by atoms with Crippen LogP contribution in [-0.2, 0) is 4.79 Å². The van der Waals surface area contributed by atoms with E-state index in [9.17, 15) is 4.79 Å². The second-order valence-corrected chi connectivity index (χ2v) is 4.95. The SMILES string of the molecule is CCN(CC1CCCN1)C(=O)CCSC. The molecule has 1 fully saturated rings. The van der Waals surface area contributed by atoms with E-state index in [-0.39, 0.29) is 0 Å². The molecule has 15 heavy (non-hydrogen) atoms. The molecule has 88 valence electrons. The molecular formula is C11H22N2OS. The summed E-state index contributed by atoms with van der Waals surface area (Å²) in [5.41, 5.74) is 0. The van der Waals surface area contributed by atoms with Crippen molar-refractivity contribution in [3.05, 3.63) is 0 Å². The van der Waals surface area contributed by atoms with Crippen molar-refractivity contribution in [2.45, 2.75) is 32.2 Å². The average Bonchev–Trinajstić information content (AvgIpc) is 2.75. The summed E-state index contributed by atoms with van der Waals surface area (Å²) in [5, 5.41) is 3.43. The van der Waals surface area contributed by atoms with Gasteiger partial charge in [-0.15, -0.1) is 0 Å². The summed E-state index contributed by atoms with van der Waals surface area (Å²) in [5.74, 6) is 1.24. The first kappa shape index (κ1) is 12.8. The number of carbonyl (C=O) groups is 1. The van der Waals surface area contributed by atoms with E-state index in [1.54, 1.807) is 11.8 Å². The van der Waals surface area contributed by atoms with E-state index in [0.29, 0.717) is 18.4 Å². The van der Waals surface area contributed by atoms with E-state index >= 15 is 0 Å². The number of hydrogen-bond donors (Lipinski definition) is 1. The van der Waals surface area contributed by atoms with E-state index in [1.807, 2.05) is 11.2 Å². The summed E-state index contributed by atoms with van der Waals surface area (Å²) in [7, 11) is 0. The maximum Gasteiger partial charge on any atom is 0.223 e. The summed E-state index contributed by atoms with van der Waals surface area (Å²) < 4.78 is 0. The summed E-state index contributed by atoms with van der Waals surface area (Å²) in [4.78, 5) is 13.8. The predicted octanol–water partition coefficient (Wildman–Crippen LogP) is 1.34. The number of amides is 1. The summed E-state index contributed by atoms with van der Waals surface area (Å²) in [6, 6.07) is 0.531. The molecule has 0 aromatic rings. The maximum absolute atomic E-state index is 11.8. The molecule has 0 bridgehead atoms. The van der Waals surface area contributed by atoms with Gasteiger partial charge in [0.15, 0.2) is 0 Å². The molecular weight excluding hydrogens is 208 g/mol. The molecule has 1 atom stereocenters. The summed E-state index contributed by atoms with van der Waals surface area (Å²) in [6.07, 6.45) is 5.19. The van der Waals surface area contributed by atoms with Crippen LogP contribution in [0.15, 0.2) is 0 Å². The van der Waals surface area contributed by atoms with Crippen LogP contribution in [0.1, 0.15) is 26.2 Å². The molecule has 0 aromatic heterocycles. The van der Waals surface area contributed by atoms with E-state index in [1.165, 1.54) is 12.8 Å². The van der Waals surface area contributed by atoms with Crippen LogP contribution < -0.4 is 5.32 Å². The maximum atomic E-state index is 11.8. The highest BCUT2D eigenvalue weighted by molar-refractivity contribution is 7.98. The summed E-state index contributed by atoms with van der Waals surface area (Å²) in [6.45, 7) is 4.91. The van der Waals surface area contributed by atoms with Gasteiger partial charge in [0.2, 0.25) is 5.91 Å². The fourth-order valence-corrected chi connectivity index (χ4v) is 2.31. The van der Waals surface area contributed by atoms with Crippen molar-refractivity contribution in [1.82, 2.24) is 10.2 Å². The first-order valence-electron chi connectivity index (χ1n) is 5.78. The highest BCUT2D eigenvalue weighted by Crippen LogP contribution is 2.08. The lowest BCUT2D eigenvalue weighted by atomic mass is 10.2. The molecule has 1 aliphatic rings. The van der Waals surface area contributed by atoms with Crippen molar-refractivity contribution in [3.8, 4) is 0 Å². The minimum atomic E-state index is 0.306. The molecule has 1 rings (SSSR count). The third kappa shape index (κ3) is 4.43. The number of nitrogens with zero attached hydrogens (tertiary/aromatic N) is 1. The number of hydrogen-bond acceptors (Lipinski definition) is 3. The largest absolute Gasteiger partial charge is 0.341 e. The van der Waals surface area contributed by atoms with Crippen LogP contribution in [0, 0.1) is 0 Å². The van der Waals surface area contributed by atoms with Crippen molar-refractivity contribution in [1.29, 1.82) is 0 Å². The third-order valence-corrected chi connectivity index (χ3v) is 3.47. The molecule has 1 unspecified atom stereocenters. The van der Waals surface area contributed by atoms with E-state index in [0.717, 1.165) is 25.4 Å². The van der Waals surface area contributed by atoms with Gasteiger partial charge in [-0.3, -0.25) is 4.79 Å². The third-order valence-electron chi connectivity index (χ3n) is 2.86. The first-order chi connectivity index (χ1) is 7.27. The normalized spacial score (nSPS) is 20.5. The molecule has 0 saturated carbocycles. The molecule has 1 amide bonds. The molecule has 0 spiro atoms. The van der Waals surface area contributed by atoms with Crippen LogP contribution >= 0.6 is 11.8 Å². The van der Waals surface area contributed by atoms with Crippen molar-refractivity contribution in [2.24, 2.45) is 0 Å². The second kappa shape index (κ2) is 7.12. The Labute approximate surface area is 97.0 Å². The average molecular weight is 230 g/mol. The minimum Gasteiger partial charge on any atom is -0.341 e. The molecule has 1 aliphatic heterocycles. The number of nitrogens with one attached hydrogen (secondary N) is 1. The highest BCUT2D eigenvalue weighted by Gasteiger charge is 2.19. The van der Waals surface area contributed by atoms with Gasteiger partial charge in [-0.05, 0) is 32.6 Å². The fourth-order valence-electron chi connectivity index (χ4n) is 1.93. The molecule has 3 nitrogen and oxygen atoms in total. The Kier molecular flexibility index (Phi) is 6.10. The lowest BCUT2D eigenvalue weighted by Crippen LogP contribution is -2.41. The predicted molar refractivity (Wildman–Crippen MR) is 66.3 cm³/mol. The Balaban J connectivity index is 2.29. The Morgan fingerprint density at radius 3 is 2.93 bits per heavy atom. The Bertz CT molecular complexity index is 193. The van der Waals surface area contributed by atoms with Crippen LogP contribution in [0.3, 0.4) is 0 Å². The van der Waals surface area contributed by atoms with Crippen LogP contribution in [0.25, 0.3) is 0 Å². The van der Waals surface area contributed by atoms with Crippen molar-refractivity contribution >= 4 is 17.7 Å². The molecule has 1 N–H and O–H groups in total. The molecule has 0 aliphatic carbocycles. The number of rotatable bonds is 6. The zero-order chi connectivity index (χ0) is 11.1. The van der Waals surface area contributed by atoms with Gasteiger partial charge in [0.25, 0.3) is 0 Å². The monoisotopic (exact) mass is 230 g/mol. The fraction of sp³-hybridized carbons (Fsp3) is 0.909. The van der Waals surface area contributed by atoms with Gasteiger partial charge in [-0.2, -0.15) is 11.8 Å². The van der Waals surface area contributed by atoms with Gasteiger partial charge in [-0.25, -0.2) is 0 Å². The smallest absolute Gasteiger partial charge is 0.223 e. The van der Waals surface area contributed by atoms with Gasteiger partial charge in [0, 0.05) is 31.3 Å². The van der Waals surface area contributed by atoms with E-state index in [4.69, 9.17) is 0 Å². The zero-order valence-electron chi connectivity index (χ0n) is 9.79. The van der Waals surface area contributed by atoms with Crippen LogP contribution in [0.4, 0.5) is 0 Å². The van der Waals surface area contributed by atoms with Gasteiger partial charge < -0.3 is 10.2 Å². The Morgan fingerprint density at radius 2 is 2.40 bits per heavy atom. The van der Waals surface area contributed by atoms with Crippen LogP contribution in [0.5, 0.6) is 0 Å².